The van der Waals surface area contributed by atoms with Gasteiger partial charge in [-0.05, 0) is 60.7 Å². The van der Waals surface area contributed by atoms with Gasteiger partial charge in [-0.1, -0.05) is 34.1 Å². The Balaban J connectivity index is 2.46. The van der Waals surface area contributed by atoms with Crippen LogP contribution in [-0.2, 0) is 0 Å². The van der Waals surface area contributed by atoms with Crippen LogP contribution in [0.25, 0.3) is 0 Å². The number of hydrogen-bond donors (Lipinski definition) is 1. The molecule has 0 saturated carbocycles. The predicted molar refractivity (Wildman–Crippen MR) is 78.8 cm³/mol. The molecule has 1 nitrogen and oxygen atoms in total. The van der Waals surface area contributed by atoms with Crippen molar-refractivity contribution in [3.63, 3.8) is 0 Å². The van der Waals surface area contributed by atoms with Crippen molar-refractivity contribution in [3.05, 3.63) is 68.4 Å². The summed E-state index contributed by atoms with van der Waals surface area (Å²) < 4.78 is 14.3. The van der Waals surface area contributed by atoms with E-state index in [9.17, 15) is 9.50 Å². The van der Waals surface area contributed by atoms with E-state index < -0.39 is 6.10 Å². The lowest BCUT2D eigenvalue weighted by atomic mass is 9.95. The molecule has 3 heteroatoms. The van der Waals surface area contributed by atoms with Crippen LogP contribution in [0.5, 0.6) is 0 Å². The van der Waals surface area contributed by atoms with Gasteiger partial charge in [0.15, 0.2) is 0 Å². The van der Waals surface area contributed by atoms with Gasteiger partial charge < -0.3 is 5.11 Å². The van der Waals surface area contributed by atoms with E-state index in [0.29, 0.717) is 11.1 Å². The molecule has 0 aliphatic carbocycles. The van der Waals surface area contributed by atoms with Crippen LogP contribution in [0.15, 0.2) is 34.8 Å². The summed E-state index contributed by atoms with van der Waals surface area (Å²) in [7, 11) is 0. The third kappa shape index (κ3) is 2.88. The highest BCUT2D eigenvalue weighted by Gasteiger charge is 2.15. The number of benzene rings is 2. The Labute approximate surface area is 121 Å². The Morgan fingerprint density at radius 1 is 1.00 bits per heavy atom. The zero-order valence-electron chi connectivity index (χ0n) is 11.2. The van der Waals surface area contributed by atoms with E-state index in [1.54, 1.807) is 19.1 Å². The monoisotopic (exact) mass is 322 g/mol. The molecule has 1 unspecified atom stereocenters. The van der Waals surface area contributed by atoms with Crippen molar-refractivity contribution in [3.8, 4) is 0 Å². The van der Waals surface area contributed by atoms with E-state index in [2.05, 4.69) is 15.9 Å². The van der Waals surface area contributed by atoms with Crippen molar-refractivity contribution < 1.29 is 9.50 Å². The zero-order chi connectivity index (χ0) is 14.2. The average molecular weight is 323 g/mol. The van der Waals surface area contributed by atoms with Gasteiger partial charge in [-0.2, -0.15) is 0 Å². The summed E-state index contributed by atoms with van der Waals surface area (Å²) in [5.74, 6) is -0.250. The first-order chi connectivity index (χ1) is 8.90. The molecule has 0 amide bonds. The summed E-state index contributed by atoms with van der Waals surface area (Å²) in [6.45, 7) is 5.64. The summed E-state index contributed by atoms with van der Waals surface area (Å²) in [5, 5.41) is 10.5. The Kier molecular flexibility index (Phi) is 4.07. The van der Waals surface area contributed by atoms with E-state index in [-0.39, 0.29) is 5.82 Å². The van der Waals surface area contributed by atoms with Gasteiger partial charge in [0.2, 0.25) is 0 Å². The van der Waals surface area contributed by atoms with Crippen LogP contribution in [0.2, 0.25) is 0 Å². The van der Waals surface area contributed by atoms with Crippen molar-refractivity contribution in [1.82, 2.24) is 0 Å². The van der Waals surface area contributed by atoms with Crippen LogP contribution in [0.4, 0.5) is 4.39 Å². The Bertz CT molecular complexity index is 622. The molecule has 0 bridgehead atoms. The molecule has 0 radical (unpaired) electrons. The lowest BCUT2D eigenvalue weighted by Crippen LogP contribution is -2.03. The van der Waals surface area contributed by atoms with Crippen LogP contribution >= 0.6 is 15.9 Å². The smallest absolute Gasteiger partial charge is 0.126 e. The van der Waals surface area contributed by atoms with E-state index in [0.717, 1.165) is 21.2 Å². The minimum atomic E-state index is -0.730. The SMILES string of the molecule is Cc1cc(C(O)c2cc(C)c(Br)cc2C)ccc1F. The summed E-state index contributed by atoms with van der Waals surface area (Å²) in [5.41, 5.74) is 4.18. The molecule has 1 N–H and O–H groups in total. The van der Waals surface area contributed by atoms with Gasteiger partial charge in [-0.25, -0.2) is 4.39 Å². The fourth-order valence-electron chi connectivity index (χ4n) is 2.12. The molecule has 0 spiro atoms. The van der Waals surface area contributed by atoms with E-state index in [1.807, 2.05) is 26.0 Å². The lowest BCUT2D eigenvalue weighted by Gasteiger charge is -2.16. The Morgan fingerprint density at radius 2 is 1.68 bits per heavy atom. The standard InChI is InChI=1S/C16H16BrFO/c1-9-8-14(17)10(2)7-13(9)16(19)12-4-5-15(18)11(3)6-12/h4-8,16,19H,1-3H3. The van der Waals surface area contributed by atoms with Gasteiger partial charge in [0, 0.05) is 4.47 Å². The predicted octanol–water partition coefficient (Wildman–Crippen LogP) is 4.60. The molecule has 0 heterocycles. The molecule has 2 rings (SSSR count). The number of aliphatic hydroxyl groups excluding tert-OH is 1. The number of aliphatic hydroxyl groups is 1. The van der Waals surface area contributed by atoms with Crippen molar-refractivity contribution >= 4 is 15.9 Å². The van der Waals surface area contributed by atoms with Crippen LogP contribution in [-0.4, -0.2) is 5.11 Å². The molecule has 0 aliphatic heterocycles. The zero-order valence-corrected chi connectivity index (χ0v) is 12.8. The fourth-order valence-corrected chi connectivity index (χ4v) is 2.57. The lowest BCUT2D eigenvalue weighted by molar-refractivity contribution is 0.219. The third-order valence-electron chi connectivity index (χ3n) is 3.34. The van der Waals surface area contributed by atoms with Crippen molar-refractivity contribution in [1.29, 1.82) is 0 Å². The van der Waals surface area contributed by atoms with Gasteiger partial charge in [0.1, 0.15) is 11.9 Å². The first-order valence-electron chi connectivity index (χ1n) is 6.11. The number of rotatable bonds is 2. The topological polar surface area (TPSA) is 20.2 Å². The van der Waals surface area contributed by atoms with E-state index in [1.165, 1.54) is 6.07 Å². The van der Waals surface area contributed by atoms with Crippen molar-refractivity contribution in [2.75, 3.05) is 0 Å². The third-order valence-corrected chi connectivity index (χ3v) is 4.19. The van der Waals surface area contributed by atoms with Gasteiger partial charge in [-0.15, -0.1) is 0 Å². The average Bonchev–Trinajstić information content (AvgIpc) is 2.36. The number of hydrogen-bond acceptors (Lipinski definition) is 1. The normalized spacial score (nSPS) is 12.5. The largest absolute Gasteiger partial charge is 0.384 e. The van der Waals surface area contributed by atoms with Gasteiger partial charge >= 0.3 is 0 Å². The second-order valence-corrected chi connectivity index (χ2v) is 5.72. The first kappa shape index (κ1) is 14.2. The number of halogens is 2. The summed E-state index contributed by atoms with van der Waals surface area (Å²) in [6, 6.07) is 8.67. The van der Waals surface area contributed by atoms with E-state index >= 15 is 0 Å². The molecule has 2 aromatic carbocycles. The highest BCUT2D eigenvalue weighted by Crippen LogP contribution is 2.29. The second-order valence-electron chi connectivity index (χ2n) is 4.87. The maximum Gasteiger partial charge on any atom is 0.126 e. The molecule has 2 aromatic rings. The van der Waals surface area contributed by atoms with Crippen LogP contribution in [0, 0.1) is 26.6 Å². The highest BCUT2D eigenvalue weighted by molar-refractivity contribution is 9.10. The highest BCUT2D eigenvalue weighted by atomic mass is 79.9. The second kappa shape index (κ2) is 5.43. The minimum Gasteiger partial charge on any atom is -0.384 e. The molecule has 0 aliphatic rings. The molecule has 0 aromatic heterocycles. The first-order valence-corrected chi connectivity index (χ1v) is 6.90. The Hall–Kier alpha value is -1.19. The van der Waals surface area contributed by atoms with Gasteiger partial charge in [0.25, 0.3) is 0 Å². The molecule has 19 heavy (non-hydrogen) atoms. The Morgan fingerprint density at radius 3 is 2.32 bits per heavy atom. The quantitative estimate of drug-likeness (QED) is 0.857. The maximum absolute atomic E-state index is 13.3. The summed E-state index contributed by atoms with van der Waals surface area (Å²) in [4.78, 5) is 0. The van der Waals surface area contributed by atoms with Crippen molar-refractivity contribution in [2.24, 2.45) is 0 Å². The summed E-state index contributed by atoms with van der Waals surface area (Å²) in [6.07, 6.45) is -0.730. The molecule has 0 saturated heterocycles. The number of aryl methyl sites for hydroxylation is 3. The van der Waals surface area contributed by atoms with E-state index in [4.69, 9.17) is 0 Å². The fraction of sp³-hybridized carbons (Fsp3) is 0.250. The van der Waals surface area contributed by atoms with Crippen LogP contribution in [0.3, 0.4) is 0 Å². The molecule has 100 valence electrons. The van der Waals surface area contributed by atoms with Gasteiger partial charge in [0.05, 0.1) is 0 Å². The van der Waals surface area contributed by atoms with Crippen molar-refractivity contribution in [2.45, 2.75) is 26.9 Å². The summed E-state index contributed by atoms with van der Waals surface area (Å²) >= 11 is 3.48. The van der Waals surface area contributed by atoms with Gasteiger partial charge in [-0.3, -0.25) is 0 Å². The minimum absolute atomic E-state index is 0.250. The maximum atomic E-state index is 13.3. The molecular formula is C16H16BrFO. The molecule has 0 fully saturated rings. The molecule has 1 atom stereocenters. The van der Waals surface area contributed by atoms with Crippen LogP contribution in [0.1, 0.15) is 33.9 Å². The molecular weight excluding hydrogens is 307 g/mol. The van der Waals surface area contributed by atoms with Crippen LogP contribution < -0.4 is 0 Å².